The number of benzene rings is 1. The monoisotopic (exact) mass is 372 g/mol. The summed E-state index contributed by atoms with van der Waals surface area (Å²) < 4.78 is 16.0. The van der Waals surface area contributed by atoms with Crippen molar-refractivity contribution in [2.24, 2.45) is 0 Å². The van der Waals surface area contributed by atoms with Crippen LogP contribution in [0.1, 0.15) is 32.2 Å². The van der Waals surface area contributed by atoms with Crippen molar-refractivity contribution in [2.75, 3.05) is 40.4 Å². The topological polar surface area (TPSA) is 72.2 Å². The highest BCUT2D eigenvalue weighted by molar-refractivity contribution is 5.98. The highest BCUT2D eigenvalue weighted by atomic mass is 16.5. The molecule has 0 radical (unpaired) electrons. The molecule has 1 aliphatic heterocycles. The number of carbonyl (C=O) groups excluding carboxylic acids is 2. The number of hydrogen-bond acceptors (Lipinski definition) is 5. The molecule has 0 N–H and O–H groups in total. The van der Waals surface area contributed by atoms with Crippen LogP contribution < -0.4 is 9.47 Å². The van der Waals surface area contributed by atoms with Crippen LogP contribution in [0.4, 0.5) is 0 Å². The van der Waals surface area contributed by atoms with Gasteiger partial charge in [-0.3, -0.25) is 9.59 Å². The lowest BCUT2D eigenvalue weighted by molar-refractivity contribution is 0.0532. The van der Waals surface area contributed by atoms with Crippen molar-refractivity contribution >= 4 is 11.8 Å². The highest BCUT2D eigenvalue weighted by Gasteiger charge is 2.28. The number of ether oxygens (including phenoxy) is 2. The molecule has 27 heavy (non-hydrogen) atoms. The molecule has 144 valence electrons. The van der Waals surface area contributed by atoms with E-state index in [1.165, 1.54) is 7.11 Å². The first-order chi connectivity index (χ1) is 12.9. The van der Waals surface area contributed by atoms with Crippen LogP contribution in [-0.4, -0.2) is 62.0 Å². The predicted octanol–water partition coefficient (Wildman–Crippen LogP) is 2.51. The van der Waals surface area contributed by atoms with Gasteiger partial charge in [0.25, 0.3) is 11.8 Å². The van der Waals surface area contributed by atoms with Crippen LogP contribution in [0.25, 0.3) is 0 Å². The molecule has 3 rings (SSSR count). The molecule has 0 bridgehead atoms. The summed E-state index contributed by atoms with van der Waals surface area (Å²) in [6, 6.07) is 6.89. The molecule has 2 aromatic rings. The van der Waals surface area contributed by atoms with Crippen molar-refractivity contribution in [3.8, 4) is 11.5 Å². The Kier molecular flexibility index (Phi) is 5.39. The smallest absolute Gasteiger partial charge is 0.257 e. The third kappa shape index (κ3) is 3.77. The molecule has 1 aromatic heterocycles. The summed E-state index contributed by atoms with van der Waals surface area (Å²) in [6.45, 7) is 5.50. The fourth-order valence-corrected chi connectivity index (χ4v) is 3.27. The van der Waals surface area contributed by atoms with Gasteiger partial charge in [-0.2, -0.15) is 0 Å². The Labute approximate surface area is 158 Å². The van der Waals surface area contributed by atoms with Crippen LogP contribution in [0.2, 0.25) is 0 Å². The van der Waals surface area contributed by atoms with E-state index < -0.39 is 0 Å². The van der Waals surface area contributed by atoms with Gasteiger partial charge in [-0.15, -0.1) is 0 Å². The first kappa shape index (κ1) is 18.8. The Bertz CT molecular complexity index is 850. The van der Waals surface area contributed by atoms with Crippen LogP contribution >= 0.6 is 0 Å². The molecule has 0 aliphatic carbocycles. The van der Waals surface area contributed by atoms with Crippen LogP contribution in [0.15, 0.2) is 28.7 Å². The molecule has 7 nitrogen and oxygen atoms in total. The van der Waals surface area contributed by atoms with Gasteiger partial charge in [-0.25, -0.2) is 0 Å². The van der Waals surface area contributed by atoms with Crippen LogP contribution in [0, 0.1) is 13.8 Å². The Morgan fingerprint density at radius 2 is 1.48 bits per heavy atom. The van der Waals surface area contributed by atoms with Crippen LogP contribution in [0.3, 0.4) is 0 Å². The molecular weight excluding hydrogens is 348 g/mol. The number of furan rings is 1. The molecule has 0 saturated carbocycles. The summed E-state index contributed by atoms with van der Waals surface area (Å²) in [5, 5.41) is 0. The standard InChI is InChI=1S/C20H24N2O5/c1-13-11-17(14(2)27-13)20(24)22-9-7-21(8-10-22)19(23)16-6-5-15(25-3)12-18(16)26-4/h5-6,11-12H,7-10H2,1-4H3. The SMILES string of the molecule is COc1ccc(C(=O)N2CCN(C(=O)c3cc(C)oc3C)CC2)c(OC)c1. The van der Waals surface area contributed by atoms with E-state index in [0.29, 0.717) is 54.6 Å². The van der Waals surface area contributed by atoms with E-state index >= 15 is 0 Å². The van der Waals surface area contributed by atoms with E-state index in [2.05, 4.69) is 0 Å². The normalized spacial score (nSPS) is 14.2. The van der Waals surface area contributed by atoms with Crippen LogP contribution in [0.5, 0.6) is 11.5 Å². The molecule has 1 aliphatic rings. The van der Waals surface area contributed by atoms with Crippen LogP contribution in [-0.2, 0) is 0 Å². The minimum Gasteiger partial charge on any atom is -0.497 e. The van der Waals surface area contributed by atoms with Crippen molar-refractivity contribution in [1.29, 1.82) is 0 Å². The number of nitrogens with zero attached hydrogens (tertiary/aromatic N) is 2. The van der Waals surface area contributed by atoms with E-state index in [1.807, 2.05) is 6.92 Å². The molecule has 1 saturated heterocycles. The summed E-state index contributed by atoms with van der Waals surface area (Å²) in [4.78, 5) is 29.0. The maximum absolute atomic E-state index is 12.9. The number of methoxy groups -OCH3 is 2. The number of rotatable bonds is 4. The zero-order valence-electron chi connectivity index (χ0n) is 16.1. The van der Waals surface area contributed by atoms with Gasteiger partial charge in [-0.1, -0.05) is 0 Å². The highest BCUT2D eigenvalue weighted by Crippen LogP contribution is 2.26. The van der Waals surface area contributed by atoms with E-state index in [-0.39, 0.29) is 11.8 Å². The number of aryl methyl sites for hydroxylation is 2. The fourth-order valence-electron chi connectivity index (χ4n) is 3.27. The lowest BCUT2D eigenvalue weighted by Gasteiger charge is -2.35. The molecule has 1 aromatic carbocycles. The summed E-state index contributed by atoms with van der Waals surface area (Å²) in [5.41, 5.74) is 1.07. The van der Waals surface area contributed by atoms with Gasteiger partial charge in [0.2, 0.25) is 0 Å². The Morgan fingerprint density at radius 3 is 1.96 bits per heavy atom. The third-order valence-corrected chi connectivity index (χ3v) is 4.76. The first-order valence-electron chi connectivity index (χ1n) is 8.82. The Morgan fingerprint density at radius 1 is 0.889 bits per heavy atom. The third-order valence-electron chi connectivity index (χ3n) is 4.76. The minimum atomic E-state index is -0.114. The number of carbonyl (C=O) groups is 2. The number of hydrogen-bond donors (Lipinski definition) is 0. The van der Waals surface area contributed by atoms with Gasteiger partial charge < -0.3 is 23.7 Å². The maximum Gasteiger partial charge on any atom is 0.257 e. The van der Waals surface area contributed by atoms with Crippen molar-refractivity contribution in [3.63, 3.8) is 0 Å². The Hall–Kier alpha value is -2.96. The van der Waals surface area contributed by atoms with Gasteiger partial charge in [0.1, 0.15) is 23.0 Å². The first-order valence-corrected chi connectivity index (χ1v) is 8.82. The van der Waals surface area contributed by atoms with E-state index in [9.17, 15) is 9.59 Å². The second-order valence-electron chi connectivity index (χ2n) is 6.48. The van der Waals surface area contributed by atoms with Gasteiger partial charge in [0.15, 0.2) is 0 Å². The quantitative estimate of drug-likeness (QED) is 0.825. The van der Waals surface area contributed by atoms with E-state index in [0.717, 1.165) is 5.76 Å². The summed E-state index contributed by atoms with van der Waals surface area (Å²) in [5.74, 6) is 2.28. The van der Waals surface area contributed by atoms with Crippen molar-refractivity contribution in [3.05, 3.63) is 46.9 Å². The zero-order valence-corrected chi connectivity index (χ0v) is 16.1. The van der Waals surface area contributed by atoms with Gasteiger partial charge in [0, 0.05) is 32.2 Å². The molecule has 2 heterocycles. The maximum atomic E-state index is 12.9. The average Bonchev–Trinajstić information content (AvgIpc) is 3.04. The number of piperazine rings is 1. The Balaban J connectivity index is 1.68. The molecule has 2 amide bonds. The molecule has 0 atom stereocenters. The lowest BCUT2D eigenvalue weighted by atomic mass is 10.1. The van der Waals surface area contributed by atoms with Gasteiger partial charge in [0.05, 0.1) is 25.3 Å². The number of amides is 2. The fraction of sp³-hybridized carbons (Fsp3) is 0.400. The average molecular weight is 372 g/mol. The molecule has 7 heteroatoms. The largest absolute Gasteiger partial charge is 0.497 e. The summed E-state index contributed by atoms with van der Waals surface area (Å²) in [7, 11) is 3.09. The minimum absolute atomic E-state index is 0.0570. The van der Waals surface area contributed by atoms with Crippen molar-refractivity contribution < 1.29 is 23.5 Å². The van der Waals surface area contributed by atoms with Gasteiger partial charge >= 0.3 is 0 Å². The molecule has 1 fully saturated rings. The molecule has 0 unspecified atom stereocenters. The van der Waals surface area contributed by atoms with Gasteiger partial charge in [-0.05, 0) is 32.0 Å². The van der Waals surface area contributed by atoms with E-state index in [1.54, 1.807) is 48.1 Å². The van der Waals surface area contributed by atoms with Crippen molar-refractivity contribution in [1.82, 2.24) is 9.80 Å². The second-order valence-corrected chi connectivity index (χ2v) is 6.48. The van der Waals surface area contributed by atoms with E-state index in [4.69, 9.17) is 13.9 Å². The zero-order chi connectivity index (χ0) is 19.6. The summed E-state index contributed by atoms with van der Waals surface area (Å²) >= 11 is 0. The lowest BCUT2D eigenvalue weighted by Crippen LogP contribution is -2.50. The predicted molar refractivity (Wildman–Crippen MR) is 99.5 cm³/mol. The summed E-state index contributed by atoms with van der Waals surface area (Å²) in [6.07, 6.45) is 0. The molecule has 0 spiro atoms. The van der Waals surface area contributed by atoms with Crippen molar-refractivity contribution in [2.45, 2.75) is 13.8 Å². The second kappa shape index (κ2) is 7.73. The molecular formula is C20H24N2O5.